The first kappa shape index (κ1) is 16.1. The van der Waals surface area contributed by atoms with Gasteiger partial charge in [-0.15, -0.1) is 0 Å². The second kappa shape index (κ2) is 5.18. The summed E-state index contributed by atoms with van der Waals surface area (Å²) in [5.41, 5.74) is -1.59. The molecule has 1 aliphatic rings. The zero-order valence-electron chi connectivity index (χ0n) is 12.5. The quantitative estimate of drug-likeness (QED) is 0.756. The number of hydrogen-bond acceptors (Lipinski definition) is 2. The van der Waals surface area contributed by atoms with E-state index in [1.165, 1.54) is 24.2 Å². The van der Waals surface area contributed by atoms with E-state index in [1.54, 1.807) is 6.07 Å². The highest BCUT2D eigenvalue weighted by molar-refractivity contribution is 6.52. The lowest BCUT2D eigenvalue weighted by atomic mass is 9.88. The number of alkyl halides is 3. The normalized spacial score (nSPS) is 21.2. The molecule has 21 heavy (non-hydrogen) atoms. The summed E-state index contributed by atoms with van der Waals surface area (Å²) in [6.45, 7) is 7.57. The van der Waals surface area contributed by atoms with E-state index in [0.717, 1.165) is 6.07 Å². The largest absolute Gasteiger partial charge is 0.487 e. The van der Waals surface area contributed by atoms with Crippen LogP contribution < -0.4 is 0 Å². The van der Waals surface area contributed by atoms with E-state index in [1.807, 2.05) is 27.7 Å². The monoisotopic (exact) mass is 298 g/mol. The zero-order valence-corrected chi connectivity index (χ0v) is 12.5. The van der Waals surface area contributed by atoms with Gasteiger partial charge < -0.3 is 9.31 Å². The molecular weight excluding hydrogens is 280 g/mol. The molecule has 0 unspecified atom stereocenters. The molecule has 0 atom stereocenters. The Labute approximate surface area is 123 Å². The van der Waals surface area contributed by atoms with Gasteiger partial charge in [0.15, 0.2) is 0 Å². The minimum Gasteiger partial charge on any atom is -0.400 e. The van der Waals surface area contributed by atoms with Gasteiger partial charge in [-0.25, -0.2) is 0 Å². The van der Waals surface area contributed by atoms with Gasteiger partial charge in [-0.1, -0.05) is 30.3 Å². The molecule has 0 aliphatic carbocycles. The third kappa shape index (κ3) is 3.32. The summed E-state index contributed by atoms with van der Waals surface area (Å²) in [5.74, 6) is 1.51. The number of halogens is 3. The molecule has 0 radical (unpaired) electrons. The van der Waals surface area contributed by atoms with Gasteiger partial charge in [-0.2, -0.15) is 13.2 Å². The number of rotatable bonds is 2. The van der Waals surface area contributed by atoms with Crippen molar-refractivity contribution in [3.63, 3.8) is 0 Å². The molecule has 1 saturated heterocycles. The first-order chi connectivity index (χ1) is 9.53. The summed E-state index contributed by atoms with van der Waals surface area (Å²) in [6, 6.07) is 5.42. The van der Waals surface area contributed by atoms with Crippen LogP contribution in [-0.2, 0) is 15.5 Å². The molecule has 6 heteroatoms. The van der Waals surface area contributed by atoms with Crippen LogP contribution in [0.1, 0.15) is 38.8 Å². The van der Waals surface area contributed by atoms with Crippen molar-refractivity contribution in [2.45, 2.75) is 45.1 Å². The van der Waals surface area contributed by atoms with Crippen LogP contribution in [-0.4, -0.2) is 18.3 Å². The highest BCUT2D eigenvalue weighted by Gasteiger charge is 2.50. The average molecular weight is 298 g/mol. The van der Waals surface area contributed by atoms with E-state index in [4.69, 9.17) is 9.31 Å². The maximum atomic E-state index is 12.9. The van der Waals surface area contributed by atoms with Gasteiger partial charge in [0, 0.05) is 0 Å². The van der Waals surface area contributed by atoms with Crippen molar-refractivity contribution < 1.29 is 22.5 Å². The van der Waals surface area contributed by atoms with Gasteiger partial charge in [-0.3, -0.25) is 0 Å². The molecule has 2 nitrogen and oxygen atoms in total. The van der Waals surface area contributed by atoms with Crippen molar-refractivity contribution in [1.82, 2.24) is 0 Å². The van der Waals surface area contributed by atoms with Crippen molar-refractivity contribution >= 4 is 13.2 Å². The molecule has 0 saturated carbocycles. The average Bonchev–Trinajstić information content (AvgIpc) is 2.54. The second-order valence-electron chi connectivity index (χ2n) is 6.07. The van der Waals surface area contributed by atoms with Crippen molar-refractivity contribution in [2.75, 3.05) is 0 Å². The number of hydrogen-bond donors (Lipinski definition) is 0. The molecule has 1 heterocycles. The SMILES string of the molecule is CC1(C)OB(/C=C/c2ccccc2C(F)(F)F)OC1(C)C. The van der Waals surface area contributed by atoms with Crippen molar-refractivity contribution in [3.8, 4) is 0 Å². The van der Waals surface area contributed by atoms with Crippen molar-refractivity contribution in [2.24, 2.45) is 0 Å². The van der Waals surface area contributed by atoms with Gasteiger partial charge >= 0.3 is 13.3 Å². The molecule has 0 spiro atoms. The van der Waals surface area contributed by atoms with E-state index >= 15 is 0 Å². The summed E-state index contributed by atoms with van der Waals surface area (Å²) in [5, 5.41) is 0. The van der Waals surface area contributed by atoms with Crippen LogP contribution in [0.5, 0.6) is 0 Å². The maximum Gasteiger partial charge on any atom is 0.487 e. The molecule has 0 amide bonds. The molecule has 1 fully saturated rings. The molecule has 1 aliphatic heterocycles. The fourth-order valence-electron chi connectivity index (χ4n) is 2.05. The molecule has 0 bridgehead atoms. The lowest BCUT2D eigenvalue weighted by Crippen LogP contribution is -2.41. The van der Waals surface area contributed by atoms with Crippen molar-refractivity contribution in [3.05, 3.63) is 41.4 Å². The van der Waals surface area contributed by atoms with Crippen molar-refractivity contribution in [1.29, 1.82) is 0 Å². The summed E-state index contributed by atoms with van der Waals surface area (Å²) >= 11 is 0. The predicted octanol–water partition coefficient (Wildman–Crippen LogP) is 4.35. The molecule has 1 aromatic carbocycles. The fraction of sp³-hybridized carbons (Fsp3) is 0.467. The van der Waals surface area contributed by atoms with E-state index < -0.39 is 30.1 Å². The summed E-state index contributed by atoms with van der Waals surface area (Å²) in [7, 11) is -0.656. The van der Waals surface area contributed by atoms with Crippen LogP contribution in [0.15, 0.2) is 30.2 Å². The van der Waals surface area contributed by atoms with Gasteiger partial charge in [0.1, 0.15) is 0 Å². The third-order valence-electron chi connectivity index (χ3n) is 3.97. The Hall–Kier alpha value is -1.27. The van der Waals surface area contributed by atoms with E-state index in [-0.39, 0.29) is 5.56 Å². The second-order valence-corrected chi connectivity index (χ2v) is 6.07. The Morgan fingerprint density at radius 1 is 1.00 bits per heavy atom. The zero-order chi connectivity index (χ0) is 15.9. The minimum atomic E-state index is -4.38. The van der Waals surface area contributed by atoms with Gasteiger partial charge in [0.25, 0.3) is 0 Å². The first-order valence-electron chi connectivity index (χ1n) is 6.73. The highest BCUT2D eigenvalue weighted by atomic mass is 19.4. The Morgan fingerprint density at radius 2 is 1.52 bits per heavy atom. The molecule has 0 N–H and O–H groups in total. The molecular formula is C15H18BF3O2. The highest BCUT2D eigenvalue weighted by Crippen LogP contribution is 2.37. The Morgan fingerprint density at radius 3 is 2.05 bits per heavy atom. The Kier molecular flexibility index (Phi) is 3.97. The standard InChI is InChI=1S/C15H18BF3O2/c1-13(2)14(3,4)21-16(20-13)10-9-11-7-5-6-8-12(11)15(17,18)19/h5-10H,1-4H3/b10-9+. The van der Waals surface area contributed by atoms with Crippen LogP contribution in [0.2, 0.25) is 0 Å². The minimum absolute atomic E-state index is 0.0970. The van der Waals surface area contributed by atoms with Gasteiger partial charge in [0.05, 0.1) is 16.8 Å². The Bertz CT molecular complexity index is 534. The van der Waals surface area contributed by atoms with Gasteiger partial charge in [-0.05, 0) is 39.3 Å². The van der Waals surface area contributed by atoms with Crippen LogP contribution >= 0.6 is 0 Å². The fourth-order valence-corrected chi connectivity index (χ4v) is 2.05. The summed E-state index contributed by atoms with van der Waals surface area (Å²) in [4.78, 5) is 0. The lowest BCUT2D eigenvalue weighted by Gasteiger charge is -2.32. The molecule has 1 aromatic rings. The summed E-state index contributed by atoms with van der Waals surface area (Å²) < 4.78 is 50.1. The number of benzene rings is 1. The molecule has 0 aromatic heterocycles. The third-order valence-corrected chi connectivity index (χ3v) is 3.97. The van der Waals surface area contributed by atoms with E-state index in [2.05, 4.69) is 0 Å². The van der Waals surface area contributed by atoms with Gasteiger partial charge in [0.2, 0.25) is 0 Å². The van der Waals surface area contributed by atoms with Crippen LogP contribution in [0.3, 0.4) is 0 Å². The van der Waals surface area contributed by atoms with Crippen LogP contribution in [0.4, 0.5) is 13.2 Å². The molecule has 114 valence electrons. The smallest absolute Gasteiger partial charge is 0.400 e. The van der Waals surface area contributed by atoms with E-state index in [9.17, 15) is 13.2 Å². The predicted molar refractivity (Wildman–Crippen MR) is 76.6 cm³/mol. The maximum absolute atomic E-state index is 12.9. The molecule has 2 rings (SSSR count). The van der Waals surface area contributed by atoms with E-state index in [0.29, 0.717) is 0 Å². The van der Waals surface area contributed by atoms with Crippen LogP contribution in [0.25, 0.3) is 6.08 Å². The van der Waals surface area contributed by atoms with Crippen LogP contribution in [0, 0.1) is 0 Å². The summed E-state index contributed by atoms with van der Waals surface area (Å²) in [6.07, 6.45) is -2.98. The first-order valence-corrected chi connectivity index (χ1v) is 6.73. The Balaban J connectivity index is 2.21. The topological polar surface area (TPSA) is 18.5 Å². The lowest BCUT2D eigenvalue weighted by molar-refractivity contribution is -0.137.